The van der Waals surface area contributed by atoms with Gasteiger partial charge in [0, 0.05) is 47.5 Å². The SMILES string of the molecule is CC(C)(C)OC(=O)N1CCN2C(NCCS(=O)C(C)(C)C)=NCC2C1. The predicted octanol–water partition coefficient (Wildman–Crippen LogP) is 1.41. The Morgan fingerprint density at radius 2 is 1.96 bits per heavy atom. The maximum Gasteiger partial charge on any atom is 0.410 e. The van der Waals surface area contributed by atoms with E-state index < -0.39 is 16.4 Å². The number of carbonyl (C=O) groups excluding carboxylic acids is 1. The Balaban J connectivity index is 1.80. The number of amides is 1. The topological polar surface area (TPSA) is 74.2 Å². The van der Waals surface area contributed by atoms with Crippen LogP contribution in [0.3, 0.4) is 0 Å². The molecule has 0 saturated carbocycles. The third-order valence-electron chi connectivity index (χ3n) is 4.11. The number of rotatable bonds is 3. The standard InChI is InChI=1S/C17H32N4O3S/c1-16(2,3)24-15(22)20-8-9-21-13(12-20)11-19-14(21)18-7-10-25(23)17(4,5)6/h13H,7-12H2,1-6H3,(H,18,19). The van der Waals surface area contributed by atoms with Crippen molar-refractivity contribution in [3.63, 3.8) is 0 Å². The second-order valence-corrected chi connectivity index (χ2v) is 10.9. The molecule has 1 amide bonds. The lowest BCUT2D eigenvalue weighted by molar-refractivity contribution is 0.0137. The van der Waals surface area contributed by atoms with E-state index in [-0.39, 0.29) is 16.9 Å². The van der Waals surface area contributed by atoms with Crippen molar-refractivity contribution in [2.24, 2.45) is 4.99 Å². The second kappa shape index (κ2) is 7.51. The Labute approximate surface area is 153 Å². The zero-order valence-corrected chi connectivity index (χ0v) is 17.1. The van der Waals surface area contributed by atoms with Gasteiger partial charge in [-0.15, -0.1) is 0 Å². The molecule has 2 aliphatic heterocycles. The average Bonchev–Trinajstić information content (AvgIpc) is 2.87. The first kappa shape index (κ1) is 20.0. The molecule has 2 unspecified atom stereocenters. The molecular formula is C17H32N4O3S. The zero-order valence-electron chi connectivity index (χ0n) is 16.3. The Bertz CT molecular complexity index is 551. The van der Waals surface area contributed by atoms with Crippen LogP contribution in [0.4, 0.5) is 4.79 Å². The number of hydrogen-bond acceptors (Lipinski definition) is 6. The van der Waals surface area contributed by atoms with E-state index in [1.165, 1.54) is 0 Å². The van der Waals surface area contributed by atoms with Crippen LogP contribution < -0.4 is 5.32 Å². The molecule has 1 N–H and O–H groups in total. The maximum atomic E-state index is 12.2. The largest absolute Gasteiger partial charge is 0.444 e. The van der Waals surface area contributed by atoms with Crippen LogP contribution >= 0.6 is 0 Å². The molecule has 25 heavy (non-hydrogen) atoms. The summed E-state index contributed by atoms with van der Waals surface area (Å²) in [4.78, 5) is 20.8. The monoisotopic (exact) mass is 372 g/mol. The fourth-order valence-corrected chi connectivity index (χ4v) is 3.68. The molecule has 0 aromatic heterocycles. The van der Waals surface area contributed by atoms with E-state index in [4.69, 9.17) is 4.74 Å². The molecule has 144 valence electrons. The molecule has 1 saturated heterocycles. The Kier molecular flexibility index (Phi) is 6.01. The van der Waals surface area contributed by atoms with Gasteiger partial charge in [-0.2, -0.15) is 0 Å². The summed E-state index contributed by atoms with van der Waals surface area (Å²) in [6, 6.07) is 0.192. The van der Waals surface area contributed by atoms with Crippen LogP contribution in [0.2, 0.25) is 0 Å². The molecule has 0 spiro atoms. The Morgan fingerprint density at radius 1 is 1.28 bits per heavy atom. The Hall–Kier alpha value is -1.31. The third kappa shape index (κ3) is 5.59. The van der Waals surface area contributed by atoms with Gasteiger partial charge in [-0.1, -0.05) is 0 Å². The first-order valence-corrected chi connectivity index (χ1v) is 10.2. The number of piperazine rings is 1. The summed E-state index contributed by atoms with van der Waals surface area (Å²) in [5.74, 6) is 1.46. The van der Waals surface area contributed by atoms with Crippen molar-refractivity contribution >= 4 is 22.9 Å². The van der Waals surface area contributed by atoms with Crippen LogP contribution in [0.5, 0.6) is 0 Å². The number of ether oxygens (including phenoxy) is 1. The van der Waals surface area contributed by atoms with Crippen molar-refractivity contribution in [3.05, 3.63) is 0 Å². The summed E-state index contributed by atoms with van der Waals surface area (Å²) < 4.78 is 17.4. The van der Waals surface area contributed by atoms with E-state index in [0.717, 1.165) is 12.5 Å². The van der Waals surface area contributed by atoms with E-state index in [0.29, 0.717) is 31.9 Å². The first-order chi connectivity index (χ1) is 11.5. The zero-order chi connectivity index (χ0) is 18.8. The maximum absolute atomic E-state index is 12.2. The van der Waals surface area contributed by atoms with Crippen molar-refractivity contribution in [3.8, 4) is 0 Å². The summed E-state index contributed by atoms with van der Waals surface area (Å²) in [6.45, 7) is 14.9. The molecule has 0 aromatic rings. The number of hydrogen-bond donors (Lipinski definition) is 1. The molecule has 7 nitrogen and oxygen atoms in total. The van der Waals surface area contributed by atoms with Crippen LogP contribution in [-0.2, 0) is 15.5 Å². The lowest BCUT2D eigenvalue weighted by Gasteiger charge is -2.39. The summed E-state index contributed by atoms with van der Waals surface area (Å²) in [5.41, 5.74) is -0.476. The lowest BCUT2D eigenvalue weighted by Crippen LogP contribution is -2.57. The number of carbonyl (C=O) groups is 1. The van der Waals surface area contributed by atoms with Gasteiger partial charge in [-0.3, -0.25) is 9.20 Å². The molecule has 0 aliphatic carbocycles. The van der Waals surface area contributed by atoms with E-state index in [9.17, 15) is 9.00 Å². The van der Waals surface area contributed by atoms with Crippen LogP contribution in [0.1, 0.15) is 41.5 Å². The van der Waals surface area contributed by atoms with Gasteiger partial charge in [0.2, 0.25) is 0 Å². The smallest absolute Gasteiger partial charge is 0.410 e. The Morgan fingerprint density at radius 3 is 2.56 bits per heavy atom. The minimum absolute atomic E-state index is 0.192. The molecule has 8 heteroatoms. The van der Waals surface area contributed by atoms with Gasteiger partial charge >= 0.3 is 6.09 Å². The minimum Gasteiger partial charge on any atom is -0.444 e. The van der Waals surface area contributed by atoms with Gasteiger partial charge in [-0.25, -0.2) is 4.79 Å². The molecule has 2 aliphatic rings. The summed E-state index contributed by atoms with van der Waals surface area (Å²) in [7, 11) is -0.874. The van der Waals surface area contributed by atoms with Crippen LogP contribution in [0, 0.1) is 0 Å². The van der Waals surface area contributed by atoms with E-state index in [1.807, 2.05) is 41.5 Å². The normalized spacial score (nSPS) is 22.3. The van der Waals surface area contributed by atoms with Gasteiger partial charge in [-0.05, 0) is 41.5 Å². The predicted molar refractivity (Wildman–Crippen MR) is 101 cm³/mol. The molecule has 0 radical (unpaired) electrons. The highest BCUT2D eigenvalue weighted by atomic mass is 32.2. The van der Waals surface area contributed by atoms with Gasteiger partial charge in [0.15, 0.2) is 5.96 Å². The van der Waals surface area contributed by atoms with Crippen molar-refractivity contribution in [2.45, 2.75) is 57.9 Å². The van der Waals surface area contributed by atoms with Gasteiger partial charge in [0.1, 0.15) is 5.60 Å². The minimum atomic E-state index is -0.874. The number of nitrogens with zero attached hydrogens (tertiary/aromatic N) is 3. The number of aliphatic imine (C=N–C) groups is 1. The van der Waals surface area contributed by atoms with Crippen molar-refractivity contribution < 1.29 is 13.7 Å². The molecule has 0 aromatic carbocycles. The molecular weight excluding hydrogens is 340 g/mol. The molecule has 0 bridgehead atoms. The van der Waals surface area contributed by atoms with Gasteiger partial charge in [0.25, 0.3) is 0 Å². The fourth-order valence-electron chi connectivity index (χ4n) is 2.78. The van der Waals surface area contributed by atoms with Crippen LogP contribution in [0.25, 0.3) is 0 Å². The van der Waals surface area contributed by atoms with Crippen molar-refractivity contribution in [2.75, 3.05) is 38.5 Å². The second-order valence-electron chi connectivity index (χ2n) is 8.53. The number of fused-ring (bicyclic) bond motifs is 1. The first-order valence-electron chi connectivity index (χ1n) is 8.89. The van der Waals surface area contributed by atoms with E-state index >= 15 is 0 Å². The van der Waals surface area contributed by atoms with E-state index in [1.54, 1.807) is 4.90 Å². The molecule has 2 atom stereocenters. The van der Waals surface area contributed by atoms with E-state index in [2.05, 4.69) is 15.2 Å². The van der Waals surface area contributed by atoms with Crippen molar-refractivity contribution in [1.82, 2.24) is 15.1 Å². The highest BCUT2D eigenvalue weighted by Crippen LogP contribution is 2.18. The molecule has 2 rings (SSSR count). The number of nitrogens with one attached hydrogen (secondary N) is 1. The van der Waals surface area contributed by atoms with Crippen LogP contribution in [-0.4, -0.2) is 80.9 Å². The van der Waals surface area contributed by atoms with Crippen LogP contribution in [0.15, 0.2) is 4.99 Å². The third-order valence-corrected chi connectivity index (χ3v) is 6.05. The van der Waals surface area contributed by atoms with Gasteiger partial charge < -0.3 is 19.9 Å². The summed E-state index contributed by atoms with van der Waals surface area (Å²) in [5, 5.41) is 3.31. The lowest BCUT2D eigenvalue weighted by atomic mass is 10.2. The average molecular weight is 373 g/mol. The molecule has 2 heterocycles. The quantitative estimate of drug-likeness (QED) is 0.811. The van der Waals surface area contributed by atoms with Crippen molar-refractivity contribution in [1.29, 1.82) is 0 Å². The summed E-state index contributed by atoms with van der Waals surface area (Å²) >= 11 is 0. The highest BCUT2D eigenvalue weighted by Gasteiger charge is 2.36. The summed E-state index contributed by atoms with van der Waals surface area (Å²) in [6.07, 6.45) is -0.255. The number of guanidine groups is 1. The molecule has 1 fully saturated rings. The fraction of sp³-hybridized carbons (Fsp3) is 0.882. The highest BCUT2D eigenvalue weighted by molar-refractivity contribution is 7.86. The van der Waals surface area contributed by atoms with Gasteiger partial charge in [0.05, 0.1) is 12.6 Å².